The van der Waals surface area contributed by atoms with E-state index in [1.54, 1.807) is 18.5 Å². The Kier molecular flexibility index (Phi) is 5.58. The lowest BCUT2D eigenvalue weighted by Crippen LogP contribution is -2.45. The Balaban J connectivity index is 1.60. The summed E-state index contributed by atoms with van der Waals surface area (Å²) in [6.45, 7) is 5.68. The number of nitrogens with one attached hydrogen (secondary N) is 2. The number of rotatable bonds is 6. The van der Waals surface area contributed by atoms with E-state index in [1.807, 2.05) is 6.07 Å². The minimum atomic E-state index is -0.493. The summed E-state index contributed by atoms with van der Waals surface area (Å²) < 4.78 is 2.43. The van der Waals surface area contributed by atoms with Gasteiger partial charge in [0.05, 0.1) is 6.54 Å². The Labute approximate surface area is 166 Å². The van der Waals surface area contributed by atoms with E-state index < -0.39 is 11.2 Å². The normalized spacial score (nSPS) is 14.9. The molecule has 0 atom stereocenters. The topological polar surface area (TPSA) is 123 Å². The van der Waals surface area contributed by atoms with Crippen molar-refractivity contribution in [1.29, 1.82) is 0 Å². The maximum atomic E-state index is 12.6. The van der Waals surface area contributed by atoms with Gasteiger partial charge in [0.15, 0.2) is 11.2 Å². The molecule has 11 nitrogen and oxygen atoms in total. The summed E-state index contributed by atoms with van der Waals surface area (Å²) in [5.74, 6) is 0.274. The number of hydrogen-bond donors (Lipinski definition) is 2. The molecule has 3 aromatic heterocycles. The number of anilines is 1. The van der Waals surface area contributed by atoms with Gasteiger partial charge in [-0.2, -0.15) is 0 Å². The van der Waals surface area contributed by atoms with Gasteiger partial charge in [-0.3, -0.25) is 23.8 Å². The fraction of sp³-hybridized carbons (Fsp3) is 0.444. The summed E-state index contributed by atoms with van der Waals surface area (Å²) in [5, 5.41) is 14.7. The van der Waals surface area contributed by atoms with Gasteiger partial charge >= 0.3 is 5.69 Å². The lowest BCUT2D eigenvalue weighted by atomic mass is 10.3. The van der Waals surface area contributed by atoms with Gasteiger partial charge < -0.3 is 10.6 Å². The highest BCUT2D eigenvalue weighted by atomic mass is 16.2. The van der Waals surface area contributed by atoms with Gasteiger partial charge in [0.25, 0.3) is 5.56 Å². The minimum absolute atomic E-state index is 0.107. The van der Waals surface area contributed by atoms with Crippen LogP contribution in [0.4, 0.5) is 5.95 Å². The summed E-state index contributed by atoms with van der Waals surface area (Å²) in [5.41, 5.74) is 0.120. The van der Waals surface area contributed by atoms with Crippen molar-refractivity contribution >= 4 is 17.1 Å². The highest BCUT2D eigenvalue weighted by molar-refractivity contribution is 5.69. The van der Waals surface area contributed by atoms with Crippen molar-refractivity contribution in [2.45, 2.75) is 6.54 Å². The van der Waals surface area contributed by atoms with E-state index in [2.05, 4.69) is 35.7 Å². The zero-order chi connectivity index (χ0) is 20.2. The molecule has 1 saturated heterocycles. The minimum Gasteiger partial charge on any atom is -0.352 e. The van der Waals surface area contributed by atoms with E-state index in [1.165, 1.54) is 11.6 Å². The van der Waals surface area contributed by atoms with Crippen LogP contribution in [0.15, 0.2) is 34.1 Å². The first-order valence-corrected chi connectivity index (χ1v) is 9.53. The molecule has 3 aromatic rings. The molecule has 29 heavy (non-hydrogen) atoms. The lowest BCUT2D eigenvalue weighted by molar-refractivity contribution is 0.249. The molecule has 0 aromatic carbocycles. The maximum absolute atomic E-state index is 12.6. The molecule has 1 aliphatic heterocycles. The second kappa shape index (κ2) is 8.45. The first kappa shape index (κ1) is 19.2. The van der Waals surface area contributed by atoms with Crippen LogP contribution in [0.3, 0.4) is 0 Å². The average Bonchev–Trinajstić information content (AvgIpc) is 2.77. The van der Waals surface area contributed by atoms with Crippen LogP contribution in [0.1, 0.15) is 5.56 Å². The van der Waals surface area contributed by atoms with Crippen LogP contribution in [-0.2, 0) is 13.6 Å². The van der Waals surface area contributed by atoms with Crippen molar-refractivity contribution in [1.82, 2.24) is 39.5 Å². The summed E-state index contributed by atoms with van der Waals surface area (Å²) in [6.07, 6.45) is 3.32. The highest BCUT2D eigenvalue weighted by Gasteiger charge is 2.16. The third-order valence-electron chi connectivity index (χ3n) is 4.93. The third kappa shape index (κ3) is 4.15. The molecule has 4 heterocycles. The van der Waals surface area contributed by atoms with E-state index in [9.17, 15) is 9.59 Å². The molecule has 152 valence electrons. The number of nitrogens with zero attached hydrogens (tertiary/aromatic N) is 7. The quantitative estimate of drug-likeness (QED) is 0.519. The molecule has 0 unspecified atom stereocenters. The molecule has 1 fully saturated rings. The average molecular weight is 397 g/mol. The first-order chi connectivity index (χ1) is 14.1. The first-order valence-electron chi connectivity index (χ1n) is 9.53. The van der Waals surface area contributed by atoms with E-state index in [0.717, 1.165) is 42.9 Å². The second-order valence-electron chi connectivity index (χ2n) is 6.92. The van der Waals surface area contributed by atoms with Crippen molar-refractivity contribution in [3.63, 3.8) is 0 Å². The molecule has 2 N–H and O–H groups in total. The Hall–Kier alpha value is -3.18. The summed E-state index contributed by atoms with van der Waals surface area (Å²) in [7, 11) is 1.43. The van der Waals surface area contributed by atoms with Crippen molar-refractivity contribution < 1.29 is 0 Å². The van der Waals surface area contributed by atoms with Crippen LogP contribution >= 0.6 is 0 Å². The van der Waals surface area contributed by atoms with Crippen molar-refractivity contribution in [2.24, 2.45) is 7.05 Å². The maximum Gasteiger partial charge on any atom is 0.332 e. The molecule has 0 spiro atoms. The number of hydrogen-bond acceptors (Lipinski definition) is 9. The van der Waals surface area contributed by atoms with Gasteiger partial charge in [-0.05, 0) is 11.6 Å². The zero-order valence-electron chi connectivity index (χ0n) is 16.2. The molecule has 11 heteroatoms. The van der Waals surface area contributed by atoms with Crippen LogP contribution in [0, 0.1) is 0 Å². The molecule has 0 saturated carbocycles. The molecular weight excluding hydrogens is 374 g/mol. The zero-order valence-corrected chi connectivity index (χ0v) is 16.2. The Morgan fingerprint density at radius 3 is 2.79 bits per heavy atom. The lowest BCUT2D eigenvalue weighted by Gasteiger charge is -2.27. The summed E-state index contributed by atoms with van der Waals surface area (Å²) >= 11 is 0. The summed E-state index contributed by atoms with van der Waals surface area (Å²) in [4.78, 5) is 36.0. The van der Waals surface area contributed by atoms with Gasteiger partial charge in [0.2, 0.25) is 5.95 Å². The van der Waals surface area contributed by atoms with Gasteiger partial charge in [0.1, 0.15) is 0 Å². The third-order valence-corrected chi connectivity index (χ3v) is 4.93. The predicted octanol–water partition coefficient (Wildman–Crippen LogP) is -1.35. The largest absolute Gasteiger partial charge is 0.352 e. The molecule has 0 aliphatic carbocycles. The monoisotopic (exact) mass is 397 g/mol. The number of fused-ring (bicyclic) bond motifs is 1. The highest BCUT2D eigenvalue weighted by Crippen LogP contribution is 2.07. The van der Waals surface area contributed by atoms with Crippen LogP contribution in [0.5, 0.6) is 0 Å². The van der Waals surface area contributed by atoms with E-state index in [-0.39, 0.29) is 23.7 Å². The number of piperazine rings is 1. The van der Waals surface area contributed by atoms with Gasteiger partial charge in [-0.15, -0.1) is 10.2 Å². The van der Waals surface area contributed by atoms with Gasteiger partial charge in [-0.1, -0.05) is 6.07 Å². The van der Waals surface area contributed by atoms with E-state index in [0.29, 0.717) is 6.54 Å². The molecule has 0 bridgehead atoms. The summed E-state index contributed by atoms with van der Waals surface area (Å²) in [6, 6.07) is 3.64. The molecule has 4 rings (SSSR count). The molecular formula is C18H23N9O2. The second-order valence-corrected chi connectivity index (χ2v) is 6.92. The Bertz CT molecular complexity index is 1100. The molecule has 0 radical (unpaired) electrons. The van der Waals surface area contributed by atoms with Crippen molar-refractivity contribution in [2.75, 3.05) is 44.6 Å². The van der Waals surface area contributed by atoms with Gasteiger partial charge in [0, 0.05) is 58.7 Å². The SMILES string of the molecule is Cn1c(=O)c2nc(NCCN3CCNCC3)nnc2n(Cc2cccnc2)c1=O. The van der Waals surface area contributed by atoms with Crippen LogP contribution in [-0.4, -0.2) is 73.5 Å². The number of aromatic nitrogens is 6. The molecule has 0 amide bonds. The van der Waals surface area contributed by atoms with E-state index >= 15 is 0 Å². The Morgan fingerprint density at radius 2 is 2.03 bits per heavy atom. The Morgan fingerprint density at radius 1 is 1.21 bits per heavy atom. The standard InChI is InChI=1S/C18H23N9O2/c1-25-16(28)14-15(27(18(25)29)12-13-3-2-4-20-11-13)23-24-17(22-14)21-7-10-26-8-5-19-6-9-26/h2-4,11,19H,5-10,12H2,1H3,(H,21,22,24). The van der Waals surface area contributed by atoms with Crippen LogP contribution < -0.4 is 21.9 Å². The van der Waals surface area contributed by atoms with E-state index in [4.69, 9.17) is 0 Å². The predicted molar refractivity (Wildman–Crippen MR) is 108 cm³/mol. The van der Waals surface area contributed by atoms with Crippen molar-refractivity contribution in [3.05, 3.63) is 50.9 Å². The fourth-order valence-electron chi connectivity index (χ4n) is 3.32. The number of pyridine rings is 1. The molecule has 1 aliphatic rings. The van der Waals surface area contributed by atoms with Crippen LogP contribution in [0.2, 0.25) is 0 Å². The smallest absolute Gasteiger partial charge is 0.332 e. The van der Waals surface area contributed by atoms with Crippen LogP contribution in [0.25, 0.3) is 11.2 Å². The van der Waals surface area contributed by atoms with Gasteiger partial charge in [-0.25, -0.2) is 9.78 Å². The fourth-order valence-corrected chi connectivity index (χ4v) is 3.32. The van der Waals surface area contributed by atoms with Crippen molar-refractivity contribution in [3.8, 4) is 0 Å².